The quantitative estimate of drug-likeness (QED) is 0.802. The van der Waals surface area contributed by atoms with E-state index >= 15 is 0 Å². The molecule has 0 spiro atoms. The summed E-state index contributed by atoms with van der Waals surface area (Å²) >= 11 is 9.13. The summed E-state index contributed by atoms with van der Waals surface area (Å²) in [4.78, 5) is 18.4. The van der Waals surface area contributed by atoms with Crippen molar-refractivity contribution in [3.63, 3.8) is 0 Å². The Balaban J connectivity index is 1.95. The third-order valence-corrected chi connectivity index (χ3v) is 5.09. The predicted octanol–water partition coefficient (Wildman–Crippen LogP) is 2.39. The third-order valence-electron chi connectivity index (χ3n) is 2.73. The van der Waals surface area contributed by atoms with Crippen LogP contribution in [0, 0.1) is 0 Å². The summed E-state index contributed by atoms with van der Waals surface area (Å²) in [6, 6.07) is 0.341. The minimum Gasteiger partial charge on any atom is -0.338 e. The van der Waals surface area contributed by atoms with Crippen molar-refractivity contribution >= 4 is 40.6 Å². The Morgan fingerprint density at radius 1 is 1.71 bits per heavy atom. The molecule has 1 atom stereocenters. The standard InChI is InChI=1S/C11H15ClN2OS2/c1-8-6-16-3-2-14(8)11(15)4-10-13-9(5-12)7-17-10/h7-8H,2-6H2,1H3. The Morgan fingerprint density at radius 2 is 2.53 bits per heavy atom. The zero-order valence-corrected chi connectivity index (χ0v) is 12.1. The van der Waals surface area contributed by atoms with Crippen molar-refractivity contribution in [3.8, 4) is 0 Å². The van der Waals surface area contributed by atoms with Gasteiger partial charge in [-0.05, 0) is 6.92 Å². The van der Waals surface area contributed by atoms with Crippen molar-refractivity contribution in [2.24, 2.45) is 0 Å². The molecule has 6 heteroatoms. The summed E-state index contributed by atoms with van der Waals surface area (Å²) in [5, 5.41) is 2.79. The molecule has 0 N–H and O–H groups in total. The van der Waals surface area contributed by atoms with Crippen molar-refractivity contribution in [3.05, 3.63) is 16.1 Å². The maximum atomic E-state index is 12.1. The lowest BCUT2D eigenvalue weighted by Gasteiger charge is -2.32. The van der Waals surface area contributed by atoms with Gasteiger partial charge in [-0.25, -0.2) is 4.98 Å². The van der Waals surface area contributed by atoms with Crippen molar-refractivity contribution in [2.45, 2.75) is 25.3 Å². The van der Waals surface area contributed by atoms with E-state index < -0.39 is 0 Å². The number of carbonyl (C=O) groups is 1. The van der Waals surface area contributed by atoms with Crippen LogP contribution < -0.4 is 0 Å². The van der Waals surface area contributed by atoms with Gasteiger partial charge in [0.1, 0.15) is 5.01 Å². The van der Waals surface area contributed by atoms with Crippen LogP contribution >= 0.6 is 34.7 Å². The van der Waals surface area contributed by atoms with E-state index in [0.29, 0.717) is 18.3 Å². The number of carbonyl (C=O) groups excluding carboxylic acids is 1. The van der Waals surface area contributed by atoms with E-state index in [1.807, 2.05) is 22.0 Å². The second kappa shape index (κ2) is 6.07. The van der Waals surface area contributed by atoms with E-state index in [-0.39, 0.29) is 5.91 Å². The van der Waals surface area contributed by atoms with Crippen LogP contribution in [0.3, 0.4) is 0 Å². The molecule has 3 nitrogen and oxygen atoms in total. The number of amides is 1. The Morgan fingerprint density at radius 3 is 3.18 bits per heavy atom. The number of thiazole rings is 1. The van der Waals surface area contributed by atoms with Crippen LogP contribution in [0.5, 0.6) is 0 Å². The number of rotatable bonds is 3. The molecule has 0 bridgehead atoms. The minimum atomic E-state index is 0.188. The highest BCUT2D eigenvalue weighted by Crippen LogP contribution is 2.18. The van der Waals surface area contributed by atoms with Gasteiger partial charge >= 0.3 is 0 Å². The fourth-order valence-electron chi connectivity index (χ4n) is 1.82. The van der Waals surface area contributed by atoms with Gasteiger partial charge < -0.3 is 4.90 Å². The summed E-state index contributed by atoms with van der Waals surface area (Å²) in [7, 11) is 0. The molecule has 1 aliphatic rings. The van der Waals surface area contributed by atoms with E-state index in [9.17, 15) is 4.79 Å². The smallest absolute Gasteiger partial charge is 0.229 e. The summed E-state index contributed by atoms with van der Waals surface area (Å²) in [5.41, 5.74) is 0.863. The van der Waals surface area contributed by atoms with Crippen molar-refractivity contribution < 1.29 is 4.79 Å². The largest absolute Gasteiger partial charge is 0.338 e. The second-order valence-corrected chi connectivity index (χ2v) is 6.41. The van der Waals surface area contributed by atoms with Crippen LogP contribution in [0.2, 0.25) is 0 Å². The highest BCUT2D eigenvalue weighted by atomic mass is 35.5. The zero-order chi connectivity index (χ0) is 12.3. The first-order valence-corrected chi connectivity index (χ1v) is 8.14. The average molecular weight is 291 g/mol. The summed E-state index contributed by atoms with van der Waals surface area (Å²) in [6.07, 6.45) is 0.413. The van der Waals surface area contributed by atoms with Crippen LogP contribution in [-0.4, -0.2) is 39.9 Å². The molecule has 94 valence electrons. The number of hydrogen-bond acceptors (Lipinski definition) is 4. The van der Waals surface area contributed by atoms with Gasteiger partial charge in [-0.3, -0.25) is 4.79 Å². The zero-order valence-electron chi connectivity index (χ0n) is 9.69. The Kier molecular flexibility index (Phi) is 4.70. The van der Waals surface area contributed by atoms with E-state index in [4.69, 9.17) is 11.6 Å². The van der Waals surface area contributed by atoms with Crippen molar-refractivity contribution in [1.82, 2.24) is 9.88 Å². The van der Waals surface area contributed by atoms with Crippen molar-refractivity contribution in [2.75, 3.05) is 18.1 Å². The number of aromatic nitrogens is 1. The maximum absolute atomic E-state index is 12.1. The van der Waals surface area contributed by atoms with Crippen LogP contribution in [0.4, 0.5) is 0 Å². The molecule has 0 aliphatic carbocycles. The van der Waals surface area contributed by atoms with Gasteiger partial charge in [-0.2, -0.15) is 11.8 Å². The van der Waals surface area contributed by atoms with Gasteiger partial charge in [0.05, 0.1) is 18.0 Å². The lowest BCUT2D eigenvalue weighted by Crippen LogP contribution is -2.45. The lowest BCUT2D eigenvalue weighted by molar-refractivity contribution is -0.131. The molecule has 1 aromatic heterocycles. The molecule has 1 saturated heterocycles. The van der Waals surface area contributed by atoms with Gasteiger partial charge in [0.15, 0.2) is 0 Å². The van der Waals surface area contributed by atoms with Gasteiger partial charge in [0, 0.05) is 29.5 Å². The van der Waals surface area contributed by atoms with E-state index in [2.05, 4.69) is 11.9 Å². The summed E-state index contributed by atoms with van der Waals surface area (Å²) < 4.78 is 0. The molecule has 0 radical (unpaired) electrons. The molecular formula is C11H15ClN2OS2. The molecule has 1 fully saturated rings. The van der Waals surface area contributed by atoms with Crippen LogP contribution in [0.25, 0.3) is 0 Å². The van der Waals surface area contributed by atoms with Crippen LogP contribution in [0.1, 0.15) is 17.6 Å². The fraction of sp³-hybridized carbons (Fsp3) is 0.636. The topological polar surface area (TPSA) is 33.2 Å². The maximum Gasteiger partial charge on any atom is 0.229 e. The Hall–Kier alpha value is -0.260. The number of halogens is 1. The van der Waals surface area contributed by atoms with E-state index in [1.54, 1.807) is 0 Å². The summed E-state index contributed by atoms with van der Waals surface area (Å²) in [5.74, 6) is 2.69. The fourth-order valence-corrected chi connectivity index (χ4v) is 3.85. The van der Waals surface area contributed by atoms with Crippen molar-refractivity contribution in [1.29, 1.82) is 0 Å². The molecule has 1 unspecified atom stereocenters. The first-order chi connectivity index (χ1) is 8.20. The molecule has 0 aromatic carbocycles. The summed E-state index contributed by atoms with van der Waals surface area (Å²) in [6.45, 7) is 2.97. The molecule has 1 amide bonds. The van der Waals surface area contributed by atoms with Gasteiger partial charge in [-0.15, -0.1) is 22.9 Å². The highest BCUT2D eigenvalue weighted by molar-refractivity contribution is 7.99. The SMILES string of the molecule is CC1CSCCN1C(=O)Cc1nc(CCl)cs1. The van der Waals surface area contributed by atoms with Crippen LogP contribution in [-0.2, 0) is 17.1 Å². The first-order valence-electron chi connectivity index (χ1n) is 5.57. The Labute approximate surface area is 115 Å². The van der Waals surface area contributed by atoms with Gasteiger partial charge in [0.2, 0.25) is 5.91 Å². The molecule has 1 aliphatic heterocycles. The molecule has 2 rings (SSSR count). The number of hydrogen-bond donors (Lipinski definition) is 0. The normalized spacial score (nSPS) is 20.6. The molecule has 2 heterocycles. The molecule has 1 aromatic rings. The predicted molar refractivity (Wildman–Crippen MR) is 73.9 cm³/mol. The first kappa shape index (κ1) is 13.2. The molecule has 17 heavy (non-hydrogen) atoms. The van der Waals surface area contributed by atoms with E-state index in [1.165, 1.54) is 11.3 Å². The lowest BCUT2D eigenvalue weighted by atomic mass is 10.2. The molecular weight excluding hydrogens is 276 g/mol. The minimum absolute atomic E-state index is 0.188. The van der Waals surface area contributed by atoms with E-state index in [0.717, 1.165) is 28.8 Å². The Bertz CT molecular complexity index is 397. The number of thioether (sulfide) groups is 1. The number of alkyl halides is 1. The monoisotopic (exact) mass is 290 g/mol. The number of nitrogens with zero attached hydrogens (tertiary/aromatic N) is 2. The third kappa shape index (κ3) is 3.36. The average Bonchev–Trinajstić information content (AvgIpc) is 2.77. The van der Waals surface area contributed by atoms with Crippen LogP contribution in [0.15, 0.2) is 5.38 Å². The molecule has 0 saturated carbocycles. The second-order valence-electron chi connectivity index (χ2n) is 4.05. The van der Waals surface area contributed by atoms with Gasteiger partial charge in [0.25, 0.3) is 0 Å². The van der Waals surface area contributed by atoms with Gasteiger partial charge in [-0.1, -0.05) is 0 Å². The highest BCUT2D eigenvalue weighted by Gasteiger charge is 2.24.